The lowest BCUT2D eigenvalue weighted by atomic mass is 9.88. The summed E-state index contributed by atoms with van der Waals surface area (Å²) in [6.07, 6.45) is -0.388. The van der Waals surface area contributed by atoms with Crippen molar-refractivity contribution in [1.29, 1.82) is 0 Å². The number of ketones is 1. The second kappa shape index (κ2) is 8.47. The molecule has 0 saturated heterocycles. The molecule has 0 spiro atoms. The van der Waals surface area contributed by atoms with E-state index in [0.29, 0.717) is 29.9 Å². The normalized spacial score (nSPS) is 17.9. The van der Waals surface area contributed by atoms with E-state index in [4.69, 9.17) is 0 Å². The summed E-state index contributed by atoms with van der Waals surface area (Å²) in [5.74, 6) is -1.20. The number of nitrogens with zero attached hydrogens (tertiary/aromatic N) is 2. The number of carbonyl (C=O) groups is 3. The summed E-state index contributed by atoms with van der Waals surface area (Å²) in [4.78, 5) is 41.5. The Morgan fingerprint density at radius 1 is 1.07 bits per heavy atom. The largest absolute Gasteiger partial charge is 0.375 e. The van der Waals surface area contributed by atoms with Crippen molar-refractivity contribution in [3.8, 4) is 0 Å². The number of amides is 2. The van der Waals surface area contributed by atoms with Crippen molar-refractivity contribution in [2.24, 2.45) is 0 Å². The number of fused-ring (bicyclic) bond motifs is 1. The van der Waals surface area contributed by atoms with E-state index in [0.717, 1.165) is 4.47 Å². The molecule has 2 aromatic rings. The Hall–Kier alpha value is -2.51. The highest BCUT2D eigenvalue weighted by Gasteiger charge is 2.51. The Bertz CT molecular complexity index is 940. The maximum Gasteiger partial charge on any atom is 0.264 e. The van der Waals surface area contributed by atoms with Gasteiger partial charge in [-0.05, 0) is 32.0 Å². The van der Waals surface area contributed by atoms with Gasteiger partial charge >= 0.3 is 0 Å². The highest BCUT2D eigenvalue weighted by Crippen LogP contribution is 2.42. The predicted molar refractivity (Wildman–Crippen MR) is 114 cm³/mol. The average Bonchev–Trinajstić information content (AvgIpc) is 2.91. The van der Waals surface area contributed by atoms with Gasteiger partial charge in [0.15, 0.2) is 11.4 Å². The number of hydrogen-bond donors (Lipinski definition) is 1. The van der Waals surface area contributed by atoms with Crippen molar-refractivity contribution >= 4 is 39.2 Å². The van der Waals surface area contributed by atoms with E-state index in [9.17, 15) is 19.5 Å². The van der Waals surface area contributed by atoms with Crippen LogP contribution in [0.2, 0.25) is 0 Å². The molecule has 1 atom stereocenters. The molecule has 3 rings (SSSR count). The fraction of sp³-hybridized carbons (Fsp3) is 0.318. The molecule has 152 valence electrons. The topological polar surface area (TPSA) is 77.9 Å². The standard InChI is InChI=1S/C22H23BrN2O4/c1-3-24(4-2)20(27)14-25-18-8-6-5-7-17(18)22(29,21(25)28)13-19(26)15-9-11-16(23)12-10-15/h5-12,29H,3-4,13-14H2,1-2H3. The minimum absolute atomic E-state index is 0.174. The van der Waals surface area contributed by atoms with Crippen molar-refractivity contribution in [2.45, 2.75) is 25.9 Å². The molecule has 1 heterocycles. The molecular weight excluding hydrogens is 436 g/mol. The zero-order chi connectivity index (χ0) is 21.2. The van der Waals surface area contributed by atoms with E-state index in [1.165, 1.54) is 4.90 Å². The SMILES string of the molecule is CCN(CC)C(=O)CN1C(=O)C(O)(CC(=O)c2ccc(Br)cc2)c2ccccc21. The van der Waals surface area contributed by atoms with Gasteiger partial charge in [0.2, 0.25) is 5.91 Å². The highest BCUT2D eigenvalue weighted by atomic mass is 79.9. The molecule has 1 unspecified atom stereocenters. The lowest BCUT2D eigenvalue weighted by Crippen LogP contribution is -2.46. The van der Waals surface area contributed by atoms with Crippen LogP contribution in [0.4, 0.5) is 5.69 Å². The molecule has 0 bridgehead atoms. The van der Waals surface area contributed by atoms with Gasteiger partial charge in [0.1, 0.15) is 6.54 Å². The molecule has 2 aromatic carbocycles. The van der Waals surface area contributed by atoms with Crippen LogP contribution in [0.15, 0.2) is 53.0 Å². The summed E-state index contributed by atoms with van der Waals surface area (Å²) in [5, 5.41) is 11.3. The molecule has 0 saturated carbocycles. The van der Waals surface area contributed by atoms with Crippen molar-refractivity contribution < 1.29 is 19.5 Å². The van der Waals surface area contributed by atoms with E-state index >= 15 is 0 Å². The molecule has 0 aliphatic carbocycles. The number of Topliss-reactive ketones (excluding diaryl/α,β-unsaturated/α-hetero) is 1. The van der Waals surface area contributed by atoms with Crippen LogP contribution in [0, 0.1) is 0 Å². The first-order valence-corrected chi connectivity index (χ1v) is 10.3. The van der Waals surface area contributed by atoms with Crippen LogP contribution in [0.5, 0.6) is 0 Å². The molecule has 0 radical (unpaired) electrons. The van der Waals surface area contributed by atoms with Gasteiger partial charge in [0, 0.05) is 28.7 Å². The molecule has 0 fully saturated rings. The molecule has 7 heteroatoms. The fourth-order valence-corrected chi connectivity index (χ4v) is 3.88. The van der Waals surface area contributed by atoms with Crippen LogP contribution >= 0.6 is 15.9 Å². The zero-order valence-corrected chi connectivity index (χ0v) is 18.0. The average molecular weight is 459 g/mol. The summed E-state index contributed by atoms with van der Waals surface area (Å²) < 4.78 is 0.830. The maximum absolute atomic E-state index is 13.2. The van der Waals surface area contributed by atoms with Crippen LogP contribution in [-0.4, -0.2) is 47.2 Å². The van der Waals surface area contributed by atoms with Gasteiger partial charge in [-0.25, -0.2) is 0 Å². The van der Waals surface area contributed by atoms with Crippen LogP contribution in [0.1, 0.15) is 36.2 Å². The van der Waals surface area contributed by atoms with E-state index in [1.807, 2.05) is 13.8 Å². The number of aliphatic hydroxyl groups is 1. The second-order valence-electron chi connectivity index (χ2n) is 6.94. The molecular formula is C22H23BrN2O4. The van der Waals surface area contributed by atoms with Crippen molar-refractivity contribution in [2.75, 3.05) is 24.5 Å². The summed E-state index contributed by atoms with van der Waals surface area (Å²) in [7, 11) is 0. The number of rotatable bonds is 7. The third-order valence-electron chi connectivity index (χ3n) is 5.23. The summed E-state index contributed by atoms with van der Waals surface area (Å²) >= 11 is 3.32. The maximum atomic E-state index is 13.2. The quantitative estimate of drug-likeness (QED) is 0.646. The van der Waals surface area contributed by atoms with E-state index in [1.54, 1.807) is 53.4 Å². The molecule has 1 aliphatic rings. The van der Waals surface area contributed by atoms with Crippen LogP contribution in [0.3, 0.4) is 0 Å². The second-order valence-corrected chi connectivity index (χ2v) is 7.86. The van der Waals surface area contributed by atoms with Crippen molar-refractivity contribution in [3.05, 3.63) is 64.1 Å². The molecule has 1 N–H and O–H groups in total. The molecule has 1 aliphatic heterocycles. The van der Waals surface area contributed by atoms with Gasteiger partial charge in [-0.15, -0.1) is 0 Å². The number of anilines is 1. The lowest BCUT2D eigenvalue weighted by Gasteiger charge is -2.25. The van der Waals surface area contributed by atoms with Crippen LogP contribution < -0.4 is 4.90 Å². The van der Waals surface area contributed by atoms with Crippen molar-refractivity contribution in [1.82, 2.24) is 4.90 Å². The molecule has 6 nitrogen and oxygen atoms in total. The van der Waals surface area contributed by atoms with Gasteiger partial charge in [-0.3, -0.25) is 19.3 Å². The molecule has 2 amide bonds. The summed E-state index contributed by atoms with van der Waals surface area (Å²) in [6.45, 7) is 4.63. The first kappa shape index (κ1) is 21.2. The lowest BCUT2D eigenvalue weighted by molar-refractivity contribution is -0.138. The number of carbonyl (C=O) groups excluding carboxylic acids is 3. The van der Waals surface area contributed by atoms with Gasteiger partial charge in [-0.2, -0.15) is 0 Å². The van der Waals surface area contributed by atoms with Crippen LogP contribution in [-0.2, 0) is 15.2 Å². The third kappa shape index (κ3) is 3.97. The van der Waals surface area contributed by atoms with Crippen molar-refractivity contribution in [3.63, 3.8) is 0 Å². The molecule has 29 heavy (non-hydrogen) atoms. The Labute approximate surface area is 178 Å². The van der Waals surface area contributed by atoms with E-state index in [-0.39, 0.29) is 24.7 Å². The predicted octanol–water partition coefficient (Wildman–Crippen LogP) is 3.12. The Kier molecular flexibility index (Phi) is 6.19. The first-order chi connectivity index (χ1) is 13.8. The summed E-state index contributed by atoms with van der Waals surface area (Å²) in [6, 6.07) is 13.5. The fourth-order valence-electron chi connectivity index (χ4n) is 3.62. The Balaban J connectivity index is 1.91. The first-order valence-electron chi connectivity index (χ1n) is 9.52. The third-order valence-corrected chi connectivity index (χ3v) is 5.76. The van der Waals surface area contributed by atoms with Crippen LogP contribution in [0.25, 0.3) is 0 Å². The smallest absolute Gasteiger partial charge is 0.264 e. The zero-order valence-electron chi connectivity index (χ0n) is 16.4. The monoisotopic (exact) mass is 458 g/mol. The van der Waals surface area contributed by atoms with Gasteiger partial charge < -0.3 is 10.0 Å². The molecule has 0 aromatic heterocycles. The van der Waals surface area contributed by atoms with E-state index < -0.39 is 11.5 Å². The number of hydrogen-bond acceptors (Lipinski definition) is 4. The number of para-hydroxylation sites is 1. The van der Waals surface area contributed by atoms with Gasteiger partial charge in [0.25, 0.3) is 5.91 Å². The highest BCUT2D eigenvalue weighted by molar-refractivity contribution is 9.10. The Morgan fingerprint density at radius 3 is 2.31 bits per heavy atom. The number of benzene rings is 2. The van der Waals surface area contributed by atoms with E-state index in [2.05, 4.69) is 15.9 Å². The minimum atomic E-state index is -2.00. The summed E-state index contributed by atoms with van der Waals surface area (Å²) in [5.41, 5.74) is -0.777. The van der Waals surface area contributed by atoms with Gasteiger partial charge in [-0.1, -0.05) is 46.3 Å². The minimum Gasteiger partial charge on any atom is -0.375 e. The van der Waals surface area contributed by atoms with Gasteiger partial charge in [0.05, 0.1) is 12.1 Å². The Morgan fingerprint density at radius 2 is 1.69 bits per heavy atom. The number of likely N-dealkylation sites (N-methyl/N-ethyl adjacent to an activating group) is 1. The number of halogens is 1.